The standard InChI is InChI=1S/C25H34F3N5S.2ClH/c1-31-23(18-6-3-2-4-7-18)29-30-24(31)34-15-5-13-32-16-19-12-14-33(22(19)17-32)21-10-8-20(9-11-21)25(26,27)28;;/h8-11,18-19,22H,2-7,12-17H2,1H3;2*1H/t19-,22+;;/m1../s1. The van der Waals surface area contributed by atoms with Gasteiger partial charge >= 0.3 is 6.18 Å². The van der Waals surface area contributed by atoms with Gasteiger partial charge in [0.05, 0.1) is 5.56 Å². The number of anilines is 1. The lowest BCUT2D eigenvalue weighted by molar-refractivity contribution is -0.137. The molecule has 202 valence electrons. The molecule has 0 bridgehead atoms. The Morgan fingerprint density at radius 2 is 1.69 bits per heavy atom. The lowest BCUT2D eigenvalue weighted by atomic mass is 9.89. The molecule has 2 aromatic rings. The summed E-state index contributed by atoms with van der Waals surface area (Å²) in [7, 11) is 2.10. The molecule has 2 atom stereocenters. The predicted molar refractivity (Wildman–Crippen MR) is 144 cm³/mol. The number of fused-ring (bicyclic) bond motifs is 1. The quantitative estimate of drug-likeness (QED) is 0.286. The topological polar surface area (TPSA) is 37.2 Å². The summed E-state index contributed by atoms with van der Waals surface area (Å²) in [4.78, 5) is 4.84. The second-order valence-corrected chi connectivity index (χ2v) is 11.1. The van der Waals surface area contributed by atoms with Crippen molar-refractivity contribution in [2.45, 2.75) is 68.2 Å². The number of alkyl halides is 3. The molecule has 3 heterocycles. The van der Waals surface area contributed by atoms with E-state index in [1.54, 1.807) is 23.9 Å². The van der Waals surface area contributed by atoms with Crippen molar-refractivity contribution < 1.29 is 13.2 Å². The van der Waals surface area contributed by atoms with Gasteiger partial charge in [-0.2, -0.15) is 13.2 Å². The zero-order chi connectivity index (χ0) is 23.7. The van der Waals surface area contributed by atoms with Gasteiger partial charge in [0, 0.05) is 50.1 Å². The van der Waals surface area contributed by atoms with E-state index in [1.807, 2.05) is 0 Å². The van der Waals surface area contributed by atoms with Crippen LogP contribution in [0.15, 0.2) is 29.4 Å². The maximum atomic E-state index is 12.9. The van der Waals surface area contributed by atoms with Crippen molar-refractivity contribution in [2.24, 2.45) is 13.0 Å². The Hall–Kier alpha value is -1.16. The highest BCUT2D eigenvalue weighted by molar-refractivity contribution is 7.99. The van der Waals surface area contributed by atoms with Crippen LogP contribution >= 0.6 is 36.6 Å². The third kappa shape index (κ3) is 6.45. The van der Waals surface area contributed by atoms with Crippen molar-refractivity contribution >= 4 is 42.3 Å². The summed E-state index contributed by atoms with van der Waals surface area (Å²) in [6.45, 7) is 4.06. The Labute approximate surface area is 228 Å². The van der Waals surface area contributed by atoms with Crippen molar-refractivity contribution in [3.05, 3.63) is 35.7 Å². The number of likely N-dealkylation sites (tertiary alicyclic amines) is 1. The van der Waals surface area contributed by atoms with Gasteiger partial charge in [0.15, 0.2) is 5.16 Å². The molecule has 0 N–H and O–H groups in total. The maximum absolute atomic E-state index is 12.9. The van der Waals surface area contributed by atoms with E-state index < -0.39 is 11.7 Å². The van der Waals surface area contributed by atoms with E-state index in [9.17, 15) is 13.2 Å². The lowest BCUT2D eigenvalue weighted by Crippen LogP contribution is -2.35. The molecule has 5 rings (SSSR count). The van der Waals surface area contributed by atoms with E-state index in [0.717, 1.165) is 61.4 Å². The molecule has 2 aliphatic heterocycles. The van der Waals surface area contributed by atoms with E-state index in [-0.39, 0.29) is 24.8 Å². The Morgan fingerprint density at radius 1 is 0.972 bits per heavy atom. The van der Waals surface area contributed by atoms with Crippen LogP contribution in [0.3, 0.4) is 0 Å². The summed E-state index contributed by atoms with van der Waals surface area (Å²) in [5.41, 5.74) is 0.334. The van der Waals surface area contributed by atoms with Crippen LogP contribution in [0.4, 0.5) is 18.9 Å². The molecule has 3 aliphatic rings. The van der Waals surface area contributed by atoms with Crippen molar-refractivity contribution in [2.75, 3.05) is 36.8 Å². The maximum Gasteiger partial charge on any atom is 0.416 e. The number of rotatable bonds is 7. The first-order chi connectivity index (χ1) is 16.4. The number of thioether (sulfide) groups is 1. The molecular formula is C25H36Cl2F3N5S. The summed E-state index contributed by atoms with van der Waals surface area (Å²) in [6.07, 6.45) is 4.33. The Balaban J connectivity index is 0.00000180. The minimum Gasteiger partial charge on any atom is -0.367 e. The number of halogens is 5. The smallest absolute Gasteiger partial charge is 0.367 e. The van der Waals surface area contributed by atoms with Crippen molar-refractivity contribution in [3.8, 4) is 0 Å². The molecule has 0 amide bonds. The normalized spacial score (nSPS) is 22.8. The lowest BCUT2D eigenvalue weighted by Gasteiger charge is -2.27. The molecule has 3 fully saturated rings. The van der Waals surface area contributed by atoms with Gasteiger partial charge in [0.1, 0.15) is 5.82 Å². The van der Waals surface area contributed by atoms with Gasteiger partial charge in [-0.3, -0.25) is 0 Å². The van der Waals surface area contributed by atoms with Gasteiger partial charge in [-0.1, -0.05) is 31.0 Å². The van der Waals surface area contributed by atoms with Crippen molar-refractivity contribution in [1.29, 1.82) is 0 Å². The van der Waals surface area contributed by atoms with Crippen LogP contribution < -0.4 is 4.90 Å². The van der Waals surface area contributed by atoms with Crippen molar-refractivity contribution in [3.63, 3.8) is 0 Å². The van der Waals surface area contributed by atoms with Gasteiger partial charge in [-0.25, -0.2) is 0 Å². The first kappa shape index (κ1) is 29.4. The van der Waals surface area contributed by atoms with Crippen LogP contribution in [0.5, 0.6) is 0 Å². The third-order valence-corrected chi connectivity index (χ3v) is 8.94. The van der Waals surface area contributed by atoms with Crippen LogP contribution in [-0.2, 0) is 13.2 Å². The van der Waals surface area contributed by atoms with E-state index in [2.05, 4.69) is 31.6 Å². The largest absolute Gasteiger partial charge is 0.416 e. The van der Waals surface area contributed by atoms with Crippen LogP contribution in [0.25, 0.3) is 0 Å². The molecule has 1 aromatic carbocycles. The Kier molecular flexibility index (Phi) is 10.3. The second kappa shape index (κ2) is 12.6. The Bertz CT molecular complexity index is 966. The number of hydrogen-bond donors (Lipinski definition) is 0. The molecule has 36 heavy (non-hydrogen) atoms. The average molecular weight is 567 g/mol. The van der Waals surface area contributed by atoms with E-state index in [1.165, 1.54) is 44.2 Å². The zero-order valence-electron chi connectivity index (χ0n) is 20.6. The molecule has 5 nitrogen and oxygen atoms in total. The molecule has 0 unspecified atom stereocenters. The third-order valence-electron chi connectivity index (χ3n) is 7.84. The first-order valence-corrected chi connectivity index (χ1v) is 13.6. The minimum absolute atomic E-state index is 0. The SMILES string of the molecule is Cl.Cl.Cn1c(SCCCN2C[C@H]3CCN(c4ccc(C(F)(F)F)cc4)[C@H]3C2)nnc1C1CCCCC1. The predicted octanol–water partition coefficient (Wildman–Crippen LogP) is 6.42. The monoisotopic (exact) mass is 565 g/mol. The van der Waals surface area contributed by atoms with Gasteiger partial charge in [-0.05, 0) is 62.4 Å². The van der Waals surface area contributed by atoms with E-state index in [4.69, 9.17) is 0 Å². The van der Waals surface area contributed by atoms with Gasteiger partial charge < -0.3 is 14.4 Å². The summed E-state index contributed by atoms with van der Waals surface area (Å²) < 4.78 is 40.9. The summed E-state index contributed by atoms with van der Waals surface area (Å²) in [6, 6.07) is 6.08. The van der Waals surface area contributed by atoms with Gasteiger partial charge in [-0.15, -0.1) is 35.0 Å². The molecule has 0 spiro atoms. The molecule has 1 saturated carbocycles. The highest BCUT2D eigenvalue weighted by Crippen LogP contribution is 2.37. The number of aromatic nitrogens is 3. The molecule has 0 radical (unpaired) electrons. The van der Waals surface area contributed by atoms with Crippen LogP contribution in [0.1, 0.15) is 62.3 Å². The fraction of sp³-hybridized carbons (Fsp3) is 0.680. The molecule has 11 heteroatoms. The summed E-state index contributed by atoms with van der Waals surface area (Å²) in [5, 5.41) is 9.98. The summed E-state index contributed by atoms with van der Waals surface area (Å²) >= 11 is 1.80. The second-order valence-electron chi connectivity index (χ2n) is 10.1. The van der Waals surface area contributed by atoms with Crippen LogP contribution in [-0.4, -0.2) is 57.6 Å². The number of nitrogens with zero attached hydrogens (tertiary/aromatic N) is 5. The number of hydrogen-bond acceptors (Lipinski definition) is 5. The summed E-state index contributed by atoms with van der Waals surface area (Å²) in [5.74, 6) is 3.34. The van der Waals surface area contributed by atoms with Crippen molar-refractivity contribution in [1.82, 2.24) is 19.7 Å². The fourth-order valence-electron chi connectivity index (χ4n) is 6.01. The van der Waals surface area contributed by atoms with E-state index >= 15 is 0 Å². The molecule has 1 aromatic heterocycles. The Morgan fingerprint density at radius 3 is 2.39 bits per heavy atom. The zero-order valence-corrected chi connectivity index (χ0v) is 23.1. The number of benzene rings is 1. The van der Waals surface area contributed by atoms with Gasteiger partial charge in [0.2, 0.25) is 0 Å². The van der Waals surface area contributed by atoms with Gasteiger partial charge in [0.25, 0.3) is 0 Å². The highest BCUT2D eigenvalue weighted by atomic mass is 35.5. The molecule has 1 aliphatic carbocycles. The highest BCUT2D eigenvalue weighted by Gasteiger charge is 2.41. The molecule has 2 saturated heterocycles. The van der Waals surface area contributed by atoms with E-state index in [0.29, 0.717) is 17.9 Å². The minimum atomic E-state index is -4.28. The average Bonchev–Trinajstić information content (AvgIpc) is 3.51. The van der Waals surface area contributed by atoms with Crippen LogP contribution in [0.2, 0.25) is 0 Å². The van der Waals surface area contributed by atoms with Crippen LogP contribution in [0, 0.1) is 5.92 Å². The first-order valence-electron chi connectivity index (χ1n) is 12.6. The molecular weight excluding hydrogens is 530 g/mol. The fourth-order valence-corrected chi connectivity index (χ4v) is 6.86.